The van der Waals surface area contributed by atoms with Crippen LogP contribution in [0.15, 0.2) is 0 Å². The second-order valence-corrected chi connectivity index (χ2v) is 7.13. The van der Waals surface area contributed by atoms with Crippen molar-refractivity contribution in [3.05, 3.63) is 0 Å². The summed E-state index contributed by atoms with van der Waals surface area (Å²) < 4.78 is 37.4. The number of hydrogen-bond acceptors (Lipinski definition) is 8. The number of carbonyl (C=O) groups excluding carboxylic acids is 1. The quantitative estimate of drug-likeness (QED) is 0.376. The molecule has 0 aliphatic rings. The van der Waals surface area contributed by atoms with Gasteiger partial charge in [-0.1, -0.05) is 13.8 Å². The highest BCUT2D eigenvalue weighted by atomic mass is 31.2. The highest BCUT2D eigenvalue weighted by molar-refractivity contribution is 7.48. The molecule has 3 atom stereocenters. The molecule has 0 aromatic heterocycles. The van der Waals surface area contributed by atoms with E-state index in [4.69, 9.17) is 23.4 Å². The van der Waals surface area contributed by atoms with E-state index in [2.05, 4.69) is 4.74 Å². The van der Waals surface area contributed by atoms with Crippen LogP contribution in [0.5, 0.6) is 0 Å². The van der Waals surface area contributed by atoms with Crippen LogP contribution in [-0.2, 0) is 32.4 Å². The van der Waals surface area contributed by atoms with E-state index < -0.39 is 38.1 Å². The zero-order chi connectivity index (χ0) is 18.4. The van der Waals surface area contributed by atoms with Gasteiger partial charge in [0.15, 0.2) is 0 Å². The van der Waals surface area contributed by atoms with Crippen molar-refractivity contribution >= 4 is 19.9 Å². The first-order valence-electron chi connectivity index (χ1n) is 7.02. The van der Waals surface area contributed by atoms with Crippen molar-refractivity contribution in [1.29, 1.82) is 0 Å². The molecule has 0 aromatic rings. The number of hydrogen-bond donors (Lipinski definition) is 1. The van der Waals surface area contributed by atoms with Gasteiger partial charge in [-0.05, 0) is 33.6 Å². The summed E-state index contributed by atoms with van der Waals surface area (Å²) in [5.74, 6) is -0.718. The van der Waals surface area contributed by atoms with Gasteiger partial charge < -0.3 is 14.6 Å². The Morgan fingerprint density at radius 3 is 1.78 bits per heavy atom. The molecular weight excluding hydrogens is 331 g/mol. The fourth-order valence-corrected chi connectivity index (χ4v) is 2.98. The number of phosphoric acid groups is 1. The van der Waals surface area contributed by atoms with Gasteiger partial charge in [-0.15, -0.1) is 0 Å². The number of ether oxygens (including phenoxy) is 2. The maximum Gasteiger partial charge on any atom is 0.508 e. The van der Waals surface area contributed by atoms with E-state index in [0.717, 1.165) is 6.92 Å². The molecule has 0 aromatic carbocycles. The third-order valence-electron chi connectivity index (χ3n) is 2.89. The predicted molar refractivity (Wildman–Crippen MR) is 79.6 cm³/mol. The molecule has 0 spiro atoms. The Balaban J connectivity index is 5.22. The molecule has 0 saturated heterocycles. The van der Waals surface area contributed by atoms with Gasteiger partial charge >= 0.3 is 19.9 Å². The van der Waals surface area contributed by atoms with Gasteiger partial charge in [0.1, 0.15) is 0 Å². The molecule has 0 heterocycles. The van der Waals surface area contributed by atoms with Crippen molar-refractivity contribution in [3.8, 4) is 0 Å². The Morgan fingerprint density at radius 1 is 1.00 bits per heavy atom. The molecule has 1 N–H and O–H groups in total. The first kappa shape index (κ1) is 21.9. The van der Waals surface area contributed by atoms with E-state index >= 15 is 0 Å². The van der Waals surface area contributed by atoms with Gasteiger partial charge in [-0.3, -0.25) is 9.32 Å². The zero-order valence-corrected chi connectivity index (χ0v) is 15.3. The third kappa shape index (κ3) is 8.90. The lowest BCUT2D eigenvalue weighted by molar-refractivity contribution is -0.164. The van der Waals surface area contributed by atoms with Crippen LogP contribution in [0.3, 0.4) is 0 Å². The van der Waals surface area contributed by atoms with Crippen LogP contribution in [0.4, 0.5) is 4.79 Å². The summed E-state index contributed by atoms with van der Waals surface area (Å²) in [7, 11) is -4.29. The van der Waals surface area contributed by atoms with E-state index in [9.17, 15) is 14.2 Å². The Bertz CT molecular complexity index is 432. The van der Waals surface area contributed by atoms with Crippen molar-refractivity contribution in [1.82, 2.24) is 0 Å². The molecule has 3 unspecified atom stereocenters. The van der Waals surface area contributed by atoms with Crippen LogP contribution in [0, 0.1) is 5.92 Å². The van der Waals surface area contributed by atoms with E-state index in [-0.39, 0.29) is 5.92 Å². The lowest BCUT2D eigenvalue weighted by Crippen LogP contribution is -2.32. The molecule has 0 rings (SSSR count). The molecule has 0 amide bonds. The van der Waals surface area contributed by atoms with Crippen LogP contribution < -0.4 is 0 Å². The van der Waals surface area contributed by atoms with Crippen molar-refractivity contribution in [2.24, 2.45) is 5.92 Å². The minimum absolute atomic E-state index is 0.0669. The average Bonchev–Trinajstić information content (AvgIpc) is 2.22. The van der Waals surface area contributed by atoms with E-state index in [1.807, 2.05) is 13.8 Å². The van der Waals surface area contributed by atoms with Crippen LogP contribution in [0.1, 0.15) is 48.5 Å². The van der Waals surface area contributed by atoms with E-state index in [0.29, 0.717) is 0 Å². The SMILES string of the molecule is CC(=O)OC(C)OP(=O)(OC(C)OC(=O)O)OC(C)(C)C(C)C. The Kier molecular flexibility index (Phi) is 8.20. The maximum atomic E-state index is 12.8. The van der Waals surface area contributed by atoms with Crippen molar-refractivity contribution < 1.29 is 42.3 Å². The average molecular weight is 356 g/mol. The molecule has 0 aliphatic carbocycles. The summed E-state index contributed by atoms with van der Waals surface area (Å²) >= 11 is 0. The van der Waals surface area contributed by atoms with Gasteiger partial charge in [-0.2, -0.15) is 0 Å². The highest BCUT2D eigenvalue weighted by Crippen LogP contribution is 2.55. The van der Waals surface area contributed by atoms with E-state index in [1.54, 1.807) is 13.8 Å². The first-order chi connectivity index (χ1) is 10.3. The van der Waals surface area contributed by atoms with Crippen molar-refractivity contribution in [2.75, 3.05) is 0 Å². The van der Waals surface area contributed by atoms with Crippen LogP contribution in [0.25, 0.3) is 0 Å². The van der Waals surface area contributed by atoms with Gasteiger partial charge in [0, 0.05) is 6.92 Å². The molecule has 10 heteroatoms. The normalized spacial score (nSPS) is 17.2. The summed E-state index contributed by atoms with van der Waals surface area (Å²) in [5, 5.41) is 8.56. The molecule has 0 aliphatic heterocycles. The molecule has 9 nitrogen and oxygen atoms in total. The number of phosphoric ester groups is 1. The van der Waals surface area contributed by atoms with Crippen LogP contribution >= 0.6 is 7.82 Å². The second kappa shape index (κ2) is 8.63. The fraction of sp³-hybridized carbons (Fsp3) is 0.846. The number of rotatable bonds is 9. The monoisotopic (exact) mass is 356 g/mol. The maximum absolute atomic E-state index is 12.8. The Hall–Kier alpha value is -1.15. The molecule has 0 bridgehead atoms. The highest BCUT2D eigenvalue weighted by Gasteiger charge is 2.41. The number of esters is 1. The Morgan fingerprint density at radius 2 is 1.43 bits per heavy atom. The largest absolute Gasteiger partial charge is 0.508 e. The zero-order valence-electron chi connectivity index (χ0n) is 14.4. The van der Waals surface area contributed by atoms with Gasteiger partial charge in [0.25, 0.3) is 0 Å². The minimum atomic E-state index is -4.29. The van der Waals surface area contributed by atoms with Crippen molar-refractivity contribution in [2.45, 2.75) is 66.6 Å². The number of carbonyl (C=O) groups is 2. The molecule has 0 fully saturated rings. The molecular formula is C13H25O9P. The Labute approximate surface area is 135 Å². The van der Waals surface area contributed by atoms with Gasteiger partial charge in [0.05, 0.1) is 5.60 Å². The van der Waals surface area contributed by atoms with Gasteiger partial charge in [0.2, 0.25) is 12.6 Å². The lowest BCUT2D eigenvalue weighted by atomic mass is 9.95. The fourth-order valence-electron chi connectivity index (χ4n) is 1.24. The predicted octanol–water partition coefficient (Wildman–Crippen LogP) is 3.53. The summed E-state index contributed by atoms with van der Waals surface area (Å²) in [6, 6.07) is 0. The van der Waals surface area contributed by atoms with Crippen LogP contribution in [-0.4, -0.2) is 35.4 Å². The lowest BCUT2D eigenvalue weighted by Gasteiger charge is -2.33. The summed E-state index contributed by atoms with van der Waals surface area (Å²) in [6.45, 7) is 10.7. The van der Waals surface area contributed by atoms with Crippen LogP contribution in [0.2, 0.25) is 0 Å². The molecule has 23 heavy (non-hydrogen) atoms. The van der Waals surface area contributed by atoms with E-state index in [1.165, 1.54) is 13.8 Å². The third-order valence-corrected chi connectivity index (χ3v) is 4.70. The molecule has 136 valence electrons. The summed E-state index contributed by atoms with van der Waals surface area (Å²) in [5.41, 5.74) is -0.922. The smallest absolute Gasteiger partial charge is 0.450 e. The number of carboxylic acid groups (broad SMARTS) is 1. The summed E-state index contributed by atoms with van der Waals surface area (Å²) in [4.78, 5) is 21.4. The molecule has 0 saturated carbocycles. The summed E-state index contributed by atoms with van der Waals surface area (Å²) in [6.07, 6.45) is -4.25. The van der Waals surface area contributed by atoms with Crippen molar-refractivity contribution in [3.63, 3.8) is 0 Å². The first-order valence-corrected chi connectivity index (χ1v) is 8.48. The topological polar surface area (TPSA) is 118 Å². The molecule has 0 radical (unpaired) electrons. The standard InChI is InChI=1S/C13H25O9P/c1-8(2)13(6,7)22-23(17,20-10(4)18-9(3)14)21-11(5)19-12(15)16/h8,10-11H,1-7H3,(H,15,16). The minimum Gasteiger partial charge on any atom is -0.450 e. The van der Waals surface area contributed by atoms with Gasteiger partial charge in [-0.25, -0.2) is 18.4 Å². The second-order valence-electron chi connectivity index (χ2n) is 5.64.